The molecule has 1 atom stereocenters. The minimum absolute atomic E-state index is 0.0618. The summed E-state index contributed by atoms with van der Waals surface area (Å²) in [6.07, 6.45) is -0.206. The van der Waals surface area contributed by atoms with Crippen LogP contribution in [0.1, 0.15) is 55.2 Å². The summed E-state index contributed by atoms with van der Waals surface area (Å²) in [6.45, 7) is 7.22. The number of carbonyl (C=O) groups excluding carboxylic acids is 2. The molecular weight excluding hydrogens is 441 g/mol. The van der Waals surface area contributed by atoms with Crippen molar-refractivity contribution in [1.82, 2.24) is 9.80 Å². The number of piperazine rings is 1. The molecule has 2 aliphatic heterocycles. The topological polar surface area (TPSA) is 93.2 Å². The van der Waals surface area contributed by atoms with Gasteiger partial charge in [0, 0.05) is 19.6 Å². The van der Waals surface area contributed by atoms with Gasteiger partial charge in [-0.15, -0.1) is 0 Å². The fourth-order valence-electron chi connectivity index (χ4n) is 3.55. The average Bonchev–Trinajstić information content (AvgIpc) is 2.91. The lowest BCUT2D eigenvalue weighted by molar-refractivity contribution is -0.0500. The average molecular weight is 464 g/mol. The first-order valence-corrected chi connectivity index (χ1v) is 11.0. The third-order valence-electron chi connectivity index (χ3n) is 4.95. The molecule has 2 amide bonds. The van der Waals surface area contributed by atoms with Crippen molar-refractivity contribution >= 4 is 22.1 Å². The standard InChI is InChI=1S/C19H23F3N2O6S/c1-5-11-8-12-13-10-23(17(26)29-18(2,3)4)6-7-24(13)16(25)15(12)14(9-11)30-31(27,28)19(20,21)22/h8-9,13H,5-7,10H2,1-4H3. The highest BCUT2D eigenvalue weighted by atomic mass is 32.2. The van der Waals surface area contributed by atoms with Crippen molar-refractivity contribution in [3.05, 3.63) is 28.8 Å². The number of hydrogen-bond acceptors (Lipinski definition) is 6. The lowest BCUT2D eigenvalue weighted by Gasteiger charge is -2.38. The van der Waals surface area contributed by atoms with E-state index < -0.39 is 45.0 Å². The molecule has 8 nitrogen and oxygen atoms in total. The van der Waals surface area contributed by atoms with Crippen molar-refractivity contribution in [3.8, 4) is 5.75 Å². The number of aryl methyl sites for hydroxylation is 1. The van der Waals surface area contributed by atoms with Crippen molar-refractivity contribution < 1.29 is 40.1 Å². The maximum Gasteiger partial charge on any atom is 0.534 e. The molecule has 0 aliphatic carbocycles. The minimum atomic E-state index is -5.95. The van der Waals surface area contributed by atoms with E-state index in [1.165, 1.54) is 9.80 Å². The first-order chi connectivity index (χ1) is 14.1. The summed E-state index contributed by atoms with van der Waals surface area (Å²) < 4.78 is 71.4. The van der Waals surface area contributed by atoms with E-state index in [0.29, 0.717) is 17.5 Å². The van der Waals surface area contributed by atoms with Crippen molar-refractivity contribution in [1.29, 1.82) is 0 Å². The quantitative estimate of drug-likeness (QED) is 0.504. The van der Waals surface area contributed by atoms with Gasteiger partial charge in [0.05, 0.1) is 11.6 Å². The van der Waals surface area contributed by atoms with E-state index in [0.717, 1.165) is 6.07 Å². The Kier molecular flexibility index (Phi) is 5.66. The van der Waals surface area contributed by atoms with E-state index in [1.54, 1.807) is 33.8 Å². The molecule has 0 bridgehead atoms. The molecule has 1 aromatic carbocycles. The zero-order valence-corrected chi connectivity index (χ0v) is 18.3. The SMILES string of the molecule is CCc1cc(OS(=O)(=O)C(F)(F)F)c2c(c1)C1CN(C(=O)OC(C)(C)C)CCN1C2=O. The Bertz CT molecular complexity index is 1020. The first kappa shape index (κ1) is 23.2. The van der Waals surface area contributed by atoms with Gasteiger partial charge in [0.15, 0.2) is 5.75 Å². The number of nitrogens with zero attached hydrogens (tertiary/aromatic N) is 2. The first-order valence-electron chi connectivity index (χ1n) is 9.61. The highest BCUT2D eigenvalue weighted by Gasteiger charge is 2.50. The van der Waals surface area contributed by atoms with E-state index in [-0.39, 0.29) is 25.2 Å². The second kappa shape index (κ2) is 7.57. The Morgan fingerprint density at radius 3 is 2.39 bits per heavy atom. The molecule has 12 heteroatoms. The lowest BCUT2D eigenvalue weighted by atomic mass is 9.98. The maximum absolute atomic E-state index is 12.9. The Labute approximate surface area is 178 Å². The van der Waals surface area contributed by atoms with Gasteiger partial charge in [-0.05, 0) is 44.4 Å². The van der Waals surface area contributed by atoms with E-state index in [9.17, 15) is 31.2 Å². The van der Waals surface area contributed by atoms with Gasteiger partial charge in [0.2, 0.25) is 0 Å². The molecule has 0 N–H and O–H groups in total. The second-order valence-electron chi connectivity index (χ2n) is 8.34. The van der Waals surface area contributed by atoms with Gasteiger partial charge in [-0.2, -0.15) is 21.6 Å². The van der Waals surface area contributed by atoms with Crippen LogP contribution in [0, 0.1) is 0 Å². The fraction of sp³-hybridized carbons (Fsp3) is 0.579. The van der Waals surface area contributed by atoms with Crippen molar-refractivity contribution in [2.24, 2.45) is 0 Å². The van der Waals surface area contributed by atoms with Gasteiger partial charge in [-0.1, -0.05) is 13.0 Å². The Balaban J connectivity index is 2.00. The fourth-order valence-corrected chi connectivity index (χ4v) is 4.01. The number of hydrogen-bond donors (Lipinski definition) is 0. The summed E-state index contributed by atoms with van der Waals surface area (Å²) in [5, 5.41) is 0. The van der Waals surface area contributed by atoms with E-state index >= 15 is 0 Å². The van der Waals surface area contributed by atoms with E-state index in [4.69, 9.17) is 4.74 Å². The van der Waals surface area contributed by atoms with Crippen LogP contribution in [0.15, 0.2) is 12.1 Å². The molecule has 0 radical (unpaired) electrons. The van der Waals surface area contributed by atoms with E-state index in [2.05, 4.69) is 4.18 Å². The minimum Gasteiger partial charge on any atom is -0.444 e. The molecule has 0 saturated carbocycles. The van der Waals surface area contributed by atoms with Crippen molar-refractivity contribution in [2.45, 2.75) is 51.3 Å². The van der Waals surface area contributed by atoms with Gasteiger partial charge in [0.25, 0.3) is 5.91 Å². The molecule has 172 valence electrons. The molecule has 1 aromatic rings. The van der Waals surface area contributed by atoms with Crippen LogP contribution in [0.2, 0.25) is 0 Å². The molecule has 3 rings (SSSR count). The molecule has 1 fully saturated rings. The summed E-state index contributed by atoms with van der Waals surface area (Å²) in [5.41, 5.74) is -5.77. The summed E-state index contributed by atoms with van der Waals surface area (Å²) in [7, 11) is -5.95. The maximum atomic E-state index is 12.9. The molecule has 0 aromatic heterocycles. The van der Waals surface area contributed by atoms with Gasteiger partial charge < -0.3 is 18.7 Å². The smallest absolute Gasteiger partial charge is 0.444 e. The lowest BCUT2D eigenvalue weighted by Crippen LogP contribution is -2.50. The number of amides is 2. The van der Waals surface area contributed by atoms with Crippen LogP contribution in [0.4, 0.5) is 18.0 Å². The molecule has 1 unspecified atom stereocenters. The van der Waals surface area contributed by atoms with Gasteiger partial charge in [-0.3, -0.25) is 4.79 Å². The second-order valence-corrected chi connectivity index (χ2v) is 9.87. The highest BCUT2D eigenvalue weighted by molar-refractivity contribution is 7.88. The summed E-state index contributed by atoms with van der Waals surface area (Å²) in [5.74, 6) is -1.30. The number of ether oxygens (including phenoxy) is 1. The number of alkyl halides is 3. The Morgan fingerprint density at radius 2 is 1.84 bits per heavy atom. The molecular formula is C19H23F3N2O6S. The number of rotatable bonds is 3. The Morgan fingerprint density at radius 1 is 1.19 bits per heavy atom. The monoisotopic (exact) mass is 464 g/mol. The Hall–Kier alpha value is -2.50. The third-order valence-corrected chi connectivity index (χ3v) is 5.92. The van der Waals surface area contributed by atoms with Crippen molar-refractivity contribution in [2.75, 3.05) is 19.6 Å². The zero-order chi connectivity index (χ0) is 23.4. The molecule has 31 heavy (non-hydrogen) atoms. The summed E-state index contributed by atoms with van der Waals surface area (Å²) in [6, 6.07) is 2.11. The highest BCUT2D eigenvalue weighted by Crippen LogP contribution is 2.43. The van der Waals surface area contributed by atoms with Crippen LogP contribution in [-0.2, 0) is 21.3 Å². The predicted molar refractivity (Wildman–Crippen MR) is 103 cm³/mol. The van der Waals surface area contributed by atoms with Gasteiger partial charge in [-0.25, -0.2) is 4.79 Å². The van der Waals surface area contributed by atoms with Crippen molar-refractivity contribution in [3.63, 3.8) is 0 Å². The van der Waals surface area contributed by atoms with Crippen LogP contribution in [-0.4, -0.2) is 61.0 Å². The predicted octanol–water partition coefficient (Wildman–Crippen LogP) is 3.23. The number of benzene rings is 1. The van der Waals surface area contributed by atoms with Gasteiger partial charge >= 0.3 is 21.7 Å². The summed E-state index contributed by atoms with van der Waals surface area (Å²) in [4.78, 5) is 28.2. The van der Waals surface area contributed by atoms with Crippen LogP contribution >= 0.6 is 0 Å². The molecule has 1 saturated heterocycles. The third kappa shape index (κ3) is 4.43. The molecule has 0 spiro atoms. The summed E-state index contributed by atoms with van der Waals surface area (Å²) >= 11 is 0. The largest absolute Gasteiger partial charge is 0.534 e. The number of halogens is 3. The van der Waals surface area contributed by atoms with Crippen LogP contribution in [0.25, 0.3) is 0 Å². The number of fused-ring (bicyclic) bond motifs is 3. The number of carbonyl (C=O) groups is 2. The molecule has 2 heterocycles. The molecule has 2 aliphatic rings. The van der Waals surface area contributed by atoms with Gasteiger partial charge in [0.1, 0.15) is 5.60 Å². The van der Waals surface area contributed by atoms with E-state index in [1.807, 2.05) is 0 Å². The normalized spacial score (nSPS) is 19.2. The van der Waals surface area contributed by atoms with Crippen LogP contribution in [0.3, 0.4) is 0 Å². The zero-order valence-electron chi connectivity index (χ0n) is 17.4. The van der Waals surface area contributed by atoms with Crippen LogP contribution in [0.5, 0.6) is 5.75 Å². The van der Waals surface area contributed by atoms with Crippen LogP contribution < -0.4 is 4.18 Å².